The minimum Gasteiger partial charge on any atom is -0.471 e. The van der Waals surface area contributed by atoms with E-state index in [0.717, 1.165) is 6.54 Å². The summed E-state index contributed by atoms with van der Waals surface area (Å²) in [5.74, 6) is 0. The molecule has 0 saturated carbocycles. The van der Waals surface area contributed by atoms with E-state index in [4.69, 9.17) is 26.8 Å². The van der Waals surface area contributed by atoms with Gasteiger partial charge in [0.1, 0.15) is 0 Å². The van der Waals surface area contributed by atoms with E-state index in [1.54, 1.807) is 0 Å². The lowest BCUT2D eigenvalue weighted by molar-refractivity contribution is 0.00671. The molecule has 4 nitrogen and oxygen atoms in total. The third-order valence-electron chi connectivity index (χ3n) is 1.60. The lowest BCUT2D eigenvalue weighted by atomic mass is 10.3. The first-order chi connectivity index (χ1) is 6.74. The molecular formula is C9H19NO3S. The maximum Gasteiger partial charge on any atom is 0.256 e. The molecule has 0 amide bonds. The van der Waals surface area contributed by atoms with Crippen LogP contribution in [0.3, 0.4) is 0 Å². The van der Waals surface area contributed by atoms with Gasteiger partial charge in [-0.1, -0.05) is 0 Å². The molecule has 5 heteroatoms. The number of nitrogens with one attached hydrogen (secondary N) is 1. The molecule has 0 saturated heterocycles. The highest BCUT2D eigenvalue weighted by Crippen LogP contribution is 1.98. The Morgan fingerprint density at radius 1 is 1.50 bits per heavy atom. The summed E-state index contributed by atoms with van der Waals surface area (Å²) in [6.07, 6.45) is 0.500. The van der Waals surface area contributed by atoms with Crippen LogP contribution < -0.4 is 5.32 Å². The average molecular weight is 221 g/mol. The molecule has 0 unspecified atom stereocenters. The van der Waals surface area contributed by atoms with Crippen molar-refractivity contribution in [3.63, 3.8) is 0 Å². The van der Waals surface area contributed by atoms with Crippen LogP contribution in [0.5, 0.6) is 0 Å². The molecule has 0 aliphatic rings. The zero-order chi connectivity index (χ0) is 10.8. The van der Waals surface area contributed by atoms with Gasteiger partial charge < -0.3 is 19.9 Å². The van der Waals surface area contributed by atoms with Gasteiger partial charge >= 0.3 is 0 Å². The van der Waals surface area contributed by atoms with E-state index in [1.807, 2.05) is 13.8 Å². The van der Waals surface area contributed by atoms with Crippen LogP contribution in [-0.4, -0.2) is 42.8 Å². The van der Waals surface area contributed by atoms with Crippen LogP contribution in [0, 0.1) is 0 Å². The fourth-order valence-corrected chi connectivity index (χ4v) is 1.17. The van der Waals surface area contributed by atoms with Crippen LogP contribution >= 0.6 is 12.2 Å². The summed E-state index contributed by atoms with van der Waals surface area (Å²) in [5.41, 5.74) is 0. The van der Waals surface area contributed by atoms with E-state index in [-0.39, 0.29) is 12.7 Å². The lowest BCUT2D eigenvalue weighted by Gasteiger charge is -2.14. The maximum atomic E-state index is 8.90. The van der Waals surface area contributed by atoms with Crippen LogP contribution in [0.1, 0.15) is 20.3 Å². The van der Waals surface area contributed by atoms with E-state index in [1.165, 1.54) is 0 Å². The van der Waals surface area contributed by atoms with E-state index < -0.39 is 0 Å². The Morgan fingerprint density at radius 3 is 2.71 bits per heavy atom. The van der Waals surface area contributed by atoms with Crippen molar-refractivity contribution < 1.29 is 14.6 Å². The largest absolute Gasteiger partial charge is 0.471 e. The fourth-order valence-electron chi connectivity index (χ4n) is 0.941. The number of thiocarbonyl (C=S) groups is 1. The van der Waals surface area contributed by atoms with Crippen LogP contribution in [0.2, 0.25) is 0 Å². The van der Waals surface area contributed by atoms with Gasteiger partial charge in [-0.15, -0.1) is 0 Å². The van der Waals surface area contributed by atoms with Crippen molar-refractivity contribution in [3.8, 4) is 0 Å². The van der Waals surface area contributed by atoms with Crippen LogP contribution in [-0.2, 0) is 9.47 Å². The van der Waals surface area contributed by atoms with Gasteiger partial charge in [-0.3, -0.25) is 0 Å². The molecule has 0 bridgehead atoms. The Hall–Kier alpha value is -0.390. The number of ether oxygens (including phenoxy) is 2. The molecule has 0 rings (SSSR count). The Morgan fingerprint density at radius 2 is 2.21 bits per heavy atom. The van der Waals surface area contributed by atoms with Gasteiger partial charge in [0.2, 0.25) is 0 Å². The Labute approximate surface area is 90.6 Å². The Bertz CT molecular complexity index is 155. The minimum atomic E-state index is -0.149. The molecule has 0 spiro atoms. The summed E-state index contributed by atoms with van der Waals surface area (Å²) >= 11 is 4.87. The number of rotatable bonds is 7. The molecule has 0 aromatic carbocycles. The van der Waals surface area contributed by atoms with Crippen LogP contribution in [0.4, 0.5) is 0 Å². The lowest BCUT2D eigenvalue weighted by Crippen LogP contribution is -2.26. The predicted octanol–water partition coefficient (Wildman–Crippen LogP) is 0.685. The molecule has 0 radical (unpaired) electrons. The van der Waals surface area contributed by atoms with E-state index >= 15 is 0 Å². The Balaban J connectivity index is 3.45. The molecular weight excluding hydrogens is 202 g/mol. The number of hydrogen-bond acceptors (Lipinski definition) is 4. The quantitative estimate of drug-likeness (QED) is 0.619. The summed E-state index contributed by atoms with van der Waals surface area (Å²) in [6, 6.07) is 0. The predicted molar refractivity (Wildman–Crippen MR) is 59.3 cm³/mol. The summed E-state index contributed by atoms with van der Waals surface area (Å²) in [7, 11) is 0. The van der Waals surface area contributed by atoms with Crippen molar-refractivity contribution in [1.82, 2.24) is 5.32 Å². The summed E-state index contributed by atoms with van der Waals surface area (Å²) in [5, 5.41) is 12.2. The summed E-state index contributed by atoms with van der Waals surface area (Å²) < 4.78 is 10.4. The third kappa shape index (κ3) is 7.06. The molecule has 0 aliphatic heterocycles. The third-order valence-corrected chi connectivity index (χ3v) is 1.86. The van der Waals surface area contributed by atoms with Crippen LogP contribution in [0.15, 0.2) is 0 Å². The Kier molecular flexibility index (Phi) is 8.92. The van der Waals surface area contributed by atoms with Crippen LogP contribution in [0.25, 0.3) is 0 Å². The smallest absolute Gasteiger partial charge is 0.256 e. The molecule has 0 heterocycles. The van der Waals surface area contributed by atoms with Crippen molar-refractivity contribution in [2.45, 2.75) is 26.4 Å². The van der Waals surface area contributed by atoms with Crippen molar-refractivity contribution in [2.75, 3.05) is 26.4 Å². The highest BCUT2D eigenvalue weighted by molar-refractivity contribution is 7.80. The molecule has 0 aromatic rings. The van der Waals surface area contributed by atoms with Crippen molar-refractivity contribution in [3.05, 3.63) is 0 Å². The molecule has 84 valence electrons. The van der Waals surface area contributed by atoms with Gasteiger partial charge in [0, 0.05) is 19.6 Å². The highest BCUT2D eigenvalue weighted by Gasteiger charge is 2.06. The first-order valence-corrected chi connectivity index (χ1v) is 5.28. The summed E-state index contributed by atoms with van der Waals surface area (Å²) in [4.78, 5) is 0. The molecule has 0 fully saturated rings. The van der Waals surface area contributed by atoms with Gasteiger partial charge in [-0.25, -0.2) is 0 Å². The van der Waals surface area contributed by atoms with E-state index in [2.05, 4.69) is 5.32 Å². The second-order valence-corrected chi connectivity index (χ2v) is 3.09. The van der Waals surface area contributed by atoms with Gasteiger partial charge in [0.25, 0.3) is 5.17 Å². The molecule has 14 heavy (non-hydrogen) atoms. The zero-order valence-corrected chi connectivity index (χ0v) is 9.60. The second-order valence-electron chi connectivity index (χ2n) is 2.71. The van der Waals surface area contributed by atoms with E-state index in [9.17, 15) is 0 Å². The first-order valence-electron chi connectivity index (χ1n) is 4.87. The maximum absolute atomic E-state index is 8.90. The zero-order valence-electron chi connectivity index (χ0n) is 8.78. The minimum absolute atomic E-state index is 0.0190. The number of aliphatic hydroxyl groups excluding tert-OH is 1. The molecule has 0 aliphatic carbocycles. The standard InChI is InChI=1S/C9H19NO3S/c1-3-10-9(14)13-6-5-8(7-11)12-4-2/h8,11H,3-7H2,1-2H3,(H,10,14)/t8-/m0/s1. The monoisotopic (exact) mass is 221 g/mol. The first kappa shape index (κ1) is 13.6. The summed E-state index contributed by atoms with van der Waals surface area (Å²) in [6.45, 7) is 5.69. The van der Waals surface area contributed by atoms with Crippen molar-refractivity contribution >= 4 is 17.4 Å². The van der Waals surface area contributed by atoms with Crippen molar-refractivity contribution in [2.24, 2.45) is 0 Å². The number of hydrogen-bond donors (Lipinski definition) is 2. The van der Waals surface area contributed by atoms with E-state index in [0.29, 0.717) is 24.8 Å². The topological polar surface area (TPSA) is 50.7 Å². The SMILES string of the molecule is CCNC(=S)OCC[C@@H](CO)OCC. The van der Waals surface area contributed by atoms with Crippen molar-refractivity contribution in [1.29, 1.82) is 0 Å². The van der Waals surface area contributed by atoms with Gasteiger partial charge in [0.15, 0.2) is 0 Å². The normalized spacial score (nSPS) is 12.2. The van der Waals surface area contributed by atoms with Gasteiger partial charge in [-0.2, -0.15) is 0 Å². The molecule has 0 aromatic heterocycles. The molecule has 1 atom stereocenters. The fraction of sp³-hybridized carbons (Fsp3) is 0.889. The molecule has 2 N–H and O–H groups in total. The number of aliphatic hydroxyl groups is 1. The van der Waals surface area contributed by atoms with Gasteiger partial charge in [0.05, 0.1) is 19.3 Å². The second kappa shape index (κ2) is 9.18. The van der Waals surface area contributed by atoms with Gasteiger partial charge in [-0.05, 0) is 26.1 Å². The highest BCUT2D eigenvalue weighted by atomic mass is 32.1. The average Bonchev–Trinajstić information content (AvgIpc) is 2.17.